The number of hydrogen-bond acceptors (Lipinski definition) is 4. The molecule has 0 saturated carbocycles. The fraction of sp³-hybridized carbons (Fsp3) is 0.357. The van der Waals surface area contributed by atoms with Crippen LogP contribution in [0.3, 0.4) is 0 Å². The average molecular weight is 418 g/mol. The molecule has 0 spiro atoms. The summed E-state index contributed by atoms with van der Waals surface area (Å²) in [7, 11) is 1.24. The maximum Gasteiger partial charge on any atom is 0.328 e. The first-order valence-corrected chi connectivity index (χ1v) is 7.70. The highest BCUT2D eigenvalue weighted by molar-refractivity contribution is 9.11. The van der Waals surface area contributed by atoms with Crippen molar-refractivity contribution < 1.29 is 14.3 Å². The molecule has 5 nitrogen and oxygen atoms in total. The molecule has 0 aliphatic rings. The van der Waals surface area contributed by atoms with Crippen LogP contribution < -0.4 is 5.32 Å². The van der Waals surface area contributed by atoms with Gasteiger partial charge in [-0.15, -0.1) is 0 Å². The molecule has 0 aliphatic carbocycles. The molecule has 112 valence electrons. The normalized spacial score (nSPS) is 12.9. The monoisotopic (exact) mass is 416 g/mol. The van der Waals surface area contributed by atoms with Crippen molar-refractivity contribution in [2.75, 3.05) is 7.11 Å². The number of nitriles is 1. The number of carbonyl (C=O) groups excluding carboxylic acids is 2. The number of amides is 1. The van der Waals surface area contributed by atoms with Gasteiger partial charge in [0.05, 0.1) is 13.2 Å². The Morgan fingerprint density at radius 3 is 2.38 bits per heavy atom. The van der Waals surface area contributed by atoms with Crippen LogP contribution >= 0.6 is 31.9 Å². The minimum absolute atomic E-state index is 0.198. The topological polar surface area (TPSA) is 79.2 Å². The average Bonchev–Trinajstić information content (AvgIpc) is 2.44. The molecule has 21 heavy (non-hydrogen) atoms. The Morgan fingerprint density at radius 2 is 1.90 bits per heavy atom. The van der Waals surface area contributed by atoms with Crippen molar-refractivity contribution in [3.8, 4) is 6.07 Å². The quantitative estimate of drug-likeness (QED) is 0.746. The molecule has 1 rings (SSSR count). The number of carbonyl (C=O) groups is 2. The van der Waals surface area contributed by atoms with Gasteiger partial charge in [0, 0.05) is 20.4 Å². The molecule has 0 aliphatic heterocycles. The number of nitrogens with zero attached hydrogens (tertiary/aromatic N) is 1. The molecule has 1 aromatic rings. The van der Waals surface area contributed by atoms with Gasteiger partial charge < -0.3 is 10.1 Å². The van der Waals surface area contributed by atoms with Crippen molar-refractivity contribution in [1.29, 1.82) is 5.26 Å². The van der Waals surface area contributed by atoms with E-state index in [0.717, 1.165) is 8.95 Å². The Balaban J connectivity index is 2.89. The first kappa shape index (κ1) is 17.7. The summed E-state index contributed by atoms with van der Waals surface area (Å²) in [6.45, 7) is 1.68. The summed E-state index contributed by atoms with van der Waals surface area (Å²) in [6.07, 6.45) is 0.198. The van der Waals surface area contributed by atoms with Crippen LogP contribution in [-0.2, 0) is 9.53 Å². The third-order valence-electron chi connectivity index (χ3n) is 2.73. The fourth-order valence-corrected chi connectivity index (χ4v) is 2.98. The lowest BCUT2D eigenvalue weighted by Gasteiger charge is -2.17. The summed E-state index contributed by atoms with van der Waals surface area (Å²) in [5.41, 5.74) is 0.398. The lowest BCUT2D eigenvalue weighted by molar-refractivity contribution is -0.143. The van der Waals surface area contributed by atoms with Gasteiger partial charge in [0.25, 0.3) is 5.91 Å². The van der Waals surface area contributed by atoms with Gasteiger partial charge in [-0.2, -0.15) is 5.26 Å². The summed E-state index contributed by atoms with van der Waals surface area (Å²) in [5, 5.41) is 11.4. The summed E-state index contributed by atoms with van der Waals surface area (Å²) >= 11 is 6.59. The second-order valence-electron chi connectivity index (χ2n) is 4.47. The summed E-state index contributed by atoms with van der Waals surface area (Å²) in [4.78, 5) is 23.9. The van der Waals surface area contributed by atoms with E-state index >= 15 is 0 Å². The number of esters is 1. The van der Waals surface area contributed by atoms with E-state index in [9.17, 15) is 9.59 Å². The van der Waals surface area contributed by atoms with E-state index in [1.54, 1.807) is 25.1 Å². The van der Waals surface area contributed by atoms with E-state index in [1.807, 2.05) is 6.07 Å². The number of rotatable bonds is 5. The Morgan fingerprint density at radius 1 is 1.33 bits per heavy atom. The van der Waals surface area contributed by atoms with Crippen LogP contribution in [0.2, 0.25) is 0 Å². The van der Waals surface area contributed by atoms with Crippen molar-refractivity contribution in [1.82, 2.24) is 5.32 Å². The minimum Gasteiger partial charge on any atom is -0.467 e. The number of ether oxygens (including phenoxy) is 1. The zero-order valence-corrected chi connectivity index (χ0v) is 14.7. The highest BCUT2D eigenvalue weighted by atomic mass is 79.9. The first-order chi connectivity index (χ1) is 9.87. The molecular weight excluding hydrogens is 404 g/mol. The second-order valence-corrected chi connectivity index (χ2v) is 6.30. The molecule has 7 heteroatoms. The van der Waals surface area contributed by atoms with E-state index < -0.39 is 17.9 Å². The first-order valence-electron chi connectivity index (χ1n) is 6.11. The zero-order chi connectivity index (χ0) is 16.0. The van der Waals surface area contributed by atoms with E-state index in [4.69, 9.17) is 5.26 Å². The van der Waals surface area contributed by atoms with Crippen LogP contribution in [0.5, 0.6) is 0 Å². The van der Waals surface area contributed by atoms with Crippen molar-refractivity contribution in [3.63, 3.8) is 0 Å². The van der Waals surface area contributed by atoms with Crippen LogP contribution in [0, 0.1) is 17.2 Å². The van der Waals surface area contributed by atoms with Gasteiger partial charge in [-0.05, 0) is 31.5 Å². The van der Waals surface area contributed by atoms with Crippen molar-refractivity contribution in [3.05, 3.63) is 32.7 Å². The molecular formula is C14H14Br2N2O3. The van der Waals surface area contributed by atoms with Gasteiger partial charge in [0.2, 0.25) is 0 Å². The number of nitrogens with one attached hydrogen (secondary N) is 1. The van der Waals surface area contributed by atoms with Gasteiger partial charge in [-0.3, -0.25) is 4.79 Å². The second kappa shape index (κ2) is 8.15. The number of halogens is 2. The fourth-order valence-electron chi connectivity index (χ4n) is 1.69. The number of methoxy groups -OCH3 is 1. The SMILES string of the molecule is COC(=O)[C@@H](C[C@@H](C)C#N)NC(=O)c1cc(Br)cc(Br)c1. The maximum atomic E-state index is 12.2. The molecule has 0 aromatic heterocycles. The Bertz CT molecular complexity index is 564. The van der Waals surface area contributed by atoms with E-state index in [-0.39, 0.29) is 12.3 Å². The van der Waals surface area contributed by atoms with Crippen molar-refractivity contribution in [2.45, 2.75) is 19.4 Å². The van der Waals surface area contributed by atoms with E-state index in [0.29, 0.717) is 5.56 Å². The van der Waals surface area contributed by atoms with Gasteiger partial charge >= 0.3 is 5.97 Å². The van der Waals surface area contributed by atoms with Crippen molar-refractivity contribution >= 4 is 43.7 Å². The predicted molar refractivity (Wildman–Crippen MR) is 84.5 cm³/mol. The summed E-state index contributed by atoms with van der Waals surface area (Å²) in [5.74, 6) is -1.35. The van der Waals surface area contributed by atoms with Crippen LogP contribution in [0.25, 0.3) is 0 Å². The highest BCUT2D eigenvalue weighted by Gasteiger charge is 2.24. The van der Waals surface area contributed by atoms with Gasteiger partial charge in [-0.25, -0.2) is 4.79 Å². The van der Waals surface area contributed by atoms with Gasteiger partial charge in [0.15, 0.2) is 0 Å². The standard InChI is InChI=1S/C14H14Br2N2O3/c1-8(7-17)3-12(14(20)21-2)18-13(19)9-4-10(15)6-11(16)5-9/h4-6,8,12H,3H2,1-2H3,(H,18,19)/t8-,12-/m1/s1. The molecule has 0 unspecified atom stereocenters. The van der Waals surface area contributed by atoms with E-state index in [1.165, 1.54) is 7.11 Å². The molecule has 1 aromatic carbocycles. The van der Waals surface area contributed by atoms with Gasteiger partial charge in [0.1, 0.15) is 6.04 Å². The molecule has 0 saturated heterocycles. The smallest absolute Gasteiger partial charge is 0.328 e. The number of hydrogen-bond donors (Lipinski definition) is 1. The molecule has 0 heterocycles. The summed E-state index contributed by atoms with van der Waals surface area (Å²) in [6, 6.07) is 6.26. The van der Waals surface area contributed by atoms with Crippen LogP contribution in [0.15, 0.2) is 27.1 Å². The van der Waals surface area contributed by atoms with E-state index in [2.05, 4.69) is 41.9 Å². The Labute approximate surface area is 139 Å². The third kappa shape index (κ3) is 5.48. The molecule has 1 N–H and O–H groups in total. The highest BCUT2D eigenvalue weighted by Crippen LogP contribution is 2.20. The summed E-state index contributed by atoms with van der Waals surface area (Å²) < 4.78 is 6.14. The Kier molecular flexibility index (Phi) is 6.85. The lowest BCUT2D eigenvalue weighted by atomic mass is 10.0. The minimum atomic E-state index is -0.852. The van der Waals surface area contributed by atoms with Crippen LogP contribution in [0.4, 0.5) is 0 Å². The van der Waals surface area contributed by atoms with Crippen molar-refractivity contribution in [2.24, 2.45) is 5.92 Å². The lowest BCUT2D eigenvalue weighted by Crippen LogP contribution is -2.42. The van der Waals surface area contributed by atoms with Crippen LogP contribution in [-0.4, -0.2) is 25.0 Å². The zero-order valence-electron chi connectivity index (χ0n) is 11.5. The molecule has 0 radical (unpaired) electrons. The Hall–Kier alpha value is -1.39. The number of benzene rings is 1. The molecule has 1 amide bonds. The third-order valence-corrected chi connectivity index (χ3v) is 3.64. The largest absolute Gasteiger partial charge is 0.467 e. The maximum absolute atomic E-state index is 12.2. The molecule has 2 atom stereocenters. The molecule has 0 bridgehead atoms. The predicted octanol–water partition coefficient (Wildman–Crippen LogP) is 3.03. The molecule has 0 fully saturated rings. The van der Waals surface area contributed by atoms with Gasteiger partial charge in [-0.1, -0.05) is 31.9 Å². The van der Waals surface area contributed by atoms with Crippen LogP contribution in [0.1, 0.15) is 23.7 Å².